The first-order valence-corrected chi connectivity index (χ1v) is 17.9. The summed E-state index contributed by atoms with van der Waals surface area (Å²) in [6, 6.07) is 21.8. The second-order valence-corrected chi connectivity index (χ2v) is 16.5. The van der Waals surface area contributed by atoms with Crippen LogP contribution in [0.1, 0.15) is 111 Å². The van der Waals surface area contributed by atoms with Crippen LogP contribution in [0.5, 0.6) is 0 Å². The topological polar surface area (TPSA) is 27.7 Å². The van der Waals surface area contributed by atoms with Gasteiger partial charge < -0.3 is 13.9 Å². The highest BCUT2D eigenvalue weighted by Crippen LogP contribution is 2.36. The molecule has 1 aliphatic heterocycles. The SMILES string of the molecule is CC(C)(C)[Si](OCCCCC#CCCCCCCCCCOC1CCCCO1)(c1ccccc1)c1ccccc1. The molecule has 2 aromatic rings. The Kier molecular flexibility index (Phi) is 15.1. The van der Waals surface area contributed by atoms with E-state index in [-0.39, 0.29) is 11.3 Å². The Balaban J connectivity index is 1.26. The molecule has 2 aromatic carbocycles. The molecule has 0 aliphatic carbocycles. The first kappa shape index (κ1) is 32.6. The van der Waals surface area contributed by atoms with E-state index < -0.39 is 8.32 Å². The second kappa shape index (κ2) is 18.5. The van der Waals surface area contributed by atoms with E-state index in [4.69, 9.17) is 13.9 Å². The largest absolute Gasteiger partial charge is 0.407 e. The molecule has 0 saturated carbocycles. The van der Waals surface area contributed by atoms with Crippen molar-refractivity contribution in [3.05, 3.63) is 60.7 Å². The second-order valence-electron chi connectivity index (χ2n) is 12.2. The molecule has 1 fully saturated rings. The van der Waals surface area contributed by atoms with Crippen LogP contribution >= 0.6 is 0 Å². The zero-order valence-electron chi connectivity index (χ0n) is 25.6. The van der Waals surface area contributed by atoms with Gasteiger partial charge in [0.25, 0.3) is 8.32 Å². The van der Waals surface area contributed by atoms with E-state index in [2.05, 4.69) is 93.3 Å². The van der Waals surface area contributed by atoms with Gasteiger partial charge in [0.1, 0.15) is 0 Å². The maximum atomic E-state index is 6.99. The van der Waals surface area contributed by atoms with Crippen LogP contribution in [0.2, 0.25) is 5.04 Å². The minimum atomic E-state index is -2.41. The minimum absolute atomic E-state index is 0.0356. The Bertz CT molecular complexity index is 928. The predicted molar refractivity (Wildman–Crippen MR) is 172 cm³/mol. The number of ether oxygens (including phenoxy) is 2. The lowest BCUT2D eigenvalue weighted by atomic mass is 10.1. The van der Waals surface area contributed by atoms with Crippen molar-refractivity contribution in [1.82, 2.24) is 0 Å². The van der Waals surface area contributed by atoms with Gasteiger partial charge in [-0.05, 0) is 60.4 Å². The summed E-state index contributed by atoms with van der Waals surface area (Å²) in [4.78, 5) is 0. The van der Waals surface area contributed by atoms with Crippen LogP contribution < -0.4 is 10.4 Å². The van der Waals surface area contributed by atoms with Crippen molar-refractivity contribution in [2.75, 3.05) is 19.8 Å². The average molecular weight is 563 g/mol. The Morgan fingerprint density at radius 1 is 0.700 bits per heavy atom. The highest BCUT2D eigenvalue weighted by molar-refractivity contribution is 6.99. The summed E-state index contributed by atoms with van der Waals surface area (Å²) in [6.07, 6.45) is 16.7. The van der Waals surface area contributed by atoms with Gasteiger partial charge in [-0.3, -0.25) is 0 Å². The molecule has 4 heteroatoms. The lowest BCUT2D eigenvalue weighted by Crippen LogP contribution is -2.66. The van der Waals surface area contributed by atoms with Crippen molar-refractivity contribution in [3.63, 3.8) is 0 Å². The van der Waals surface area contributed by atoms with Crippen molar-refractivity contribution in [1.29, 1.82) is 0 Å². The standard InChI is InChI=1S/C36H54O3Si/c1-36(2,3)40(33-25-17-15-18-26-33,34-27-19-16-20-28-34)39-32-23-14-12-10-8-6-4-5-7-9-11-13-22-30-37-35-29-21-24-31-38-35/h15-20,25-28,35H,4-7,9,11-14,21-24,29-32H2,1-3H3. The Morgan fingerprint density at radius 3 is 1.77 bits per heavy atom. The molecule has 3 rings (SSSR count). The van der Waals surface area contributed by atoms with Crippen LogP contribution in [0.3, 0.4) is 0 Å². The third-order valence-electron chi connectivity index (χ3n) is 7.94. The van der Waals surface area contributed by atoms with Crippen LogP contribution in [-0.2, 0) is 13.9 Å². The normalized spacial score (nSPS) is 15.9. The summed E-state index contributed by atoms with van der Waals surface area (Å²) in [5.74, 6) is 6.82. The molecule has 1 unspecified atom stereocenters. The molecule has 3 nitrogen and oxygen atoms in total. The zero-order chi connectivity index (χ0) is 28.4. The summed E-state index contributed by atoms with van der Waals surface area (Å²) in [7, 11) is -2.41. The molecule has 0 N–H and O–H groups in total. The number of benzene rings is 2. The van der Waals surface area contributed by atoms with E-state index >= 15 is 0 Å². The van der Waals surface area contributed by atoms with Gasteiger partial charge in [-0.2, -0.15) is 0 Å². The number of unbranched alkanes of at least 4 members (excludes halogenated alkanes) is 9. The van der Waals surface area contributed by atoms with Crippen molar-refractivity contribution in [2.45, 2.75) is 122 Å². The summed E-state index contributed by atoms with van der Waals surface area (Å²) in [5, 5.41) is 2.74. The van der Waals surface area contributed by atoms with Crippen molar-refractivity contribution >= 4 is 18.7 Å². The molecule has 0 amide bonds. The predicted octanol–water partition coefficient (Wildman–Crippen LogP) is 8.40. The summed E-state index contributed by atoms with van der Waals surface area (Å²) in [6.45, 7) is 9.53. The monoisotopic (exact) mass is 562 g/mol. The quantitative estimate of drug-likeness (QED) is 0.110. The molecule has 0 radical (unpaired) electrons. The molecule has 1 heterocycles. The maximum Gasteiger partial charge on any atom is 0.261 e. The van der Waals surface area contributed by atoms with Crippen molar-refractivity contribution in [2.24, 2.45) is 0 Å². The smallest absolute Gasteiger partial charge is 0.261 e. The van der Waals surface area contributed by atoms with Gasteiger partial charge in [-0.15, -0.1) is 11.8 Å². The molecule has 0 bridgehead atoms. The fourth-order valence-corrected chi connectivity index (χ4v) is 10.3. The van der Waals surface area contributed by atoms with Crippen molar-refractivity contribution in [3.8, 4) is 11.8 Å². The molecule has 220 valence electrons. The third-order valence-corrected chi connectivity index (χ3v) is 13.0. The molecular formula is C36H54O3Si. The minimum Gasteiger partial charge on any atom is -0.407 e. The van der Waals surface area contributed by atoms with Crippen LogP contribution in [0, 0.1) is 11.8 Å². The van der Waals surface area contributed by atoms with Gasteiger partial charge in [-0.25, -0.2) is 0 Å². The summed E-state index contributed by atoms with van der Waals surface area (Å²) < 4.78 is 18.4. The van der Waals surface area contributed by atoms with E-state index in [1.807, 2.05) is 0 Å². The van der Waals surface area contributed by atoms with E-state index in [9.17, 15) is 0 Å². The van der Waals surface area contributed by atoms with Gasteiger partial charge in [0.15, 0.2) is 6.29 Å². The molecule has 40 heavy (non-hydrogen) atoms. The van der Waals surface area contributed by atoms with Gasteiger partial charge in [-0.1, -0.05) is 114 Å². The lowest BCUT2D eigenvalue weighted by Gasteiger charge is -2.43. The van der Waals surface area contributed by atoms with E-state index in [1.165, 1.54) is 61.7 Å². The number of hydrogen-bond donors (Lipinski definition) is 0. The Hall–Kier alpha value is -1.90. The molecule has 1 aliphatic rings. The summed E-state index contributed by atoms with van der Waals surface area (Å²) in [5.41, 5.74) is 0. The molecular weight excluding hydrogens is 508 g/mol. The lowest BCUT2D eigenvalue weighted by molar-refractivity contribution is -0.162. The zero-order valence-corrected chi connectivity index (χ0v) is 26.6. The van der Waals surface area contributed by atoms with Gasteiger partial charge in [0.2, 0.25) is 0 Å². The third kappa shape index (κ3) is 10.8. The van der Waals surface area contributed by atoms with E-state index in [0.717, 1.165) is 58.3 Å². The highest BCUT2D eigenvalue weighted by atomic mass is 28.4. The molecule has 0 spiro atoms. The van der Waals surface area contributed by atoms with Crippen LogP contribution in [0.4, 0.5) is 0 Å². The highest BCUT2D eigenvalue weighted by Gasteiger charge is 2.49. The van der Waals surface area contributed by atoms with Crippen LogP contribution in [-0.4, -0.2) is 34.4 Å². The molecule has 0 aromatic heterocycles. The Morgan fingerprint density at radius 2 is 1.23 bits per heavy atom. The first-order valence-electron chi connectivity index (χ1n) is 16.0. The molecule has 1 atom stereocenters. The van der Waals surface area contributed by atoms with Gasteiger partial charge in [0, 0.05) is 32.7 Å². The number of rotatable bonds is 17. The fourth-order valence-electron chi connectivity index (χ4n) is 5.74. The fraction of sp³-hybridized carbons (Fsp3) is 0.611. The number of hydrogen-bond acceptors (Lipinski definition) is 3. The van der Waals surface area contributed by atoms with Crippen molar-refractivity contribution < 1.29 is 13.9 Å². The van der Waals surface area contributed by atoms with Gasteiger partial charge in [0.05, 0.1) is 0 Å². The van der Waals surface area contributed by atoms with Crippen LogP contribution in [0.15, 0.2) is 60.7 Å². The van der Waals surface area contributed by atoms with E-state index in [0.29, 0.717) is 0 Å². The maximum absolute atomic E-state index is 6.99. The Labute approximate surface area is 246 Å². The molecule has 1 saturated heterocycles. The van der Waals surface area contributed by atoms with Gasteiger partial charge >= 0.3 is 0 Å². The van der Waals surface area contributed by atoms with Crippen LogP contribution in [0.25, 0.3) is 0 Å². The van der Waals surface area contributed by atoms with E-state index in [1.54, 1.807) is 0 Å². The summed E-state index contributed by atoms with van der Waals surface area (Å²) >= 11 is 0. The average Bonchev–Trinajstić information content (AvgIpc) is 2.97. The first-order chi connectivity index (χ1) is 19.5.